The van der Waals surface area contributed by atoms with Crippen LogP contribution in [-0.4, -0.2) is 33.3 Å². The minimum Gasteiger partial charge on any atom is -0.394 e. The van der Waals surface area contributed by atoms with Crippen LogP contribution in [0.4, 0.5) is 11.8 Å². The molecule has 2 N–H and O–H groups in total. The third-order valence-electron chi connectivity index (χ3n) is 6.12. The van der Waals surface area contributed by atoms with Gasteiger partial charge in [0.2, 0.25) is 5.95 Å². The molecule has 0 spiro atoms. The number of fused-ring (bicyclic) bond motifs is 1. The molecular weight excluding hydrogens is 348 g/mol. The molecule has 0 bridgehead atoms. The molecule has 1 aliphatic heterocycles. The molecule has 1 atom stereocenters. The van der Waals surface area contributed by atoms with E-state index in [1.807, 2.05) is 0 Å². The van der Waals surface area contributed by atoms with Crippen molar-refractivity contribution in [2.24, 2.45) is 5.92 Å². The first-order chi connectivity index (χ1) is 13.4. The monoisotopic (exact) mass is 380 g/mol. The molecule has 2 heterocycles. The first kappa shape index (κ1) is 19.2. The Balaban J connectivity index is 1.70. The lowest BCUT2D eigenvalue weighted by Crippen LogP contribution is -2.49. The van der Waals surface area contributed by atoms with Gasteiger partial charge in [0.1, 0.15) is 5.82 Å². The molecule has 5 heteroatoms. The Labute approximate surface area is 168 Å². The highest BCUT2D eigenvalue weighted by Crippen LogP contribution is 2.42. The number of aliphatic hydroxyl groups is 1. The van der Waals surface area contributed by atoms with Crippen LogP contribution in [0.2, 0.25) is 0 Å². The molecule has 0 unspecified atom stereocenters. The van der Waals surface area contributed by atoms with Gasteiger partial charge in [0.05, 0.1) is 18.3 Å². The minimum absolute atomic E-state index is 0.0186. The Morgan fingerprint density at radius 3 is 2.54 bits per heavy atom. The van der Waals surface area contributed by atoms with Crippen LogP contribution in [0.1, 0.15) is 63.3 Å². The number of benzene rings is 1. The summed E-state index contributed by atoms with van der Waals surface area (Å²) < 4.78 is 0. The Bertz CT molecular complexity index is 844. The topological polar surface area (TPSA) is 61.3 Å². The quantitative estimate of drug-likeness (QED) is 0.789. The number of nitrogens with zero attached hydrogens (tertiary/aromatic N) is 3. The largest absolute Gasteiger partial charge is 0.394 e. The van der Waals surface area contributed by atoms with Gasteiger partial charge in [-0.3, -0.25) is 0 Å². The van der Waals surface area contributed by atoms with E-state index in [4.69, 9.17) is 9.97 Å². The summed E-state index contributed by atoms with van der Waals surface area (Å²) in [5.41, 5.74) is 3.91. The SMILES string of the molecule is CC(C)[C@H](CO)Nc1nc(C2CC2)cc(N2Cc3ccccc3CC2(C)C)n1. The van der Waals surface area contributed by atoms with E-state index < -0.39 is 0 Å². The summed E-state index contributed by atoms with van der Waals surface area (Å²) in [5.74, 6) is 2.48. The predicted octanol–water partition coefficient (Wildman–Crippen LogP) is 4.12. The number of hydrogen-bond acceptors (Lipinski definition) is 5. The molecule has 5 nitrogen and oxygen atoms in total. The van der Waals surface area contributed by atoms with Crippen LogP contribution in [0.3, 0.4) is 0 Å². The molecule has 150 valence electrons. The average molecular weight is 381 g/mol. The summed E-state index contributed by atoms with van der Waals surface area (Å²) in [4.78, 5) is 12.1. The molecule has 0 radical (unpaired) electrons. The summed E-state index contributed by atoms with van der Waals surface area (Å²) >= 11 is 0. The zero-order valence-electron chi connectivity index (χ0n) is 17.4. The van der Waals surface area contributed by atoms with Gasteiger partial charge in [-0.25, -0.2) is 4.98 Å². The normalized spacial score (nSPS) is 19.4. The van der Waals surface area contributed by atoms with Gasteiger partial charge >= 0.3 is 0 Å². The third-order valence-corrected chi connectivity index (χ3v) is 6.12. The Morgan fingerprint density at radius 2 is 1.89 bits per heavy atom. The lowest BCUT2D eigenvalue weighted by Gasteiger charge is -2.44. The maximum Gasteiger partial charge on any atom is 0.225 e. The first-order valence-electron chi connectivity index (χ1n) is 10.5. The molecule has 1 fully saturated rings. The van der Waals surface area contributed by atoms with Gasteiger partial charge in [0, 0.05) is 24.1 Å². The van der Waals surface area contributed by atoms with Crippen molar-refractivity contribution in [3.05, 3.63) is 47.2 Å². The number of aromatic nitrogens is 2. The van der Waals surface area contributed by atoms with E-state index in [-0.39, 0.29) is 18.2 Å². The van der Waals surface area contributed by atoms with Crippen LogP contribution in [-0.2, 0) is 13.0 Å². The minimum atomic E-state index is -0.0441. The molecule has 1 aromatic carbocycles. The number of aliphatic hydroxyl groups excluding tert-OH is 1. The van der Waals surface area contributed by atoms with Gasteiger partial charge in [-0.1, -0.05) is 38.1 Å². The zero-order valence-corrected chi connectivity index (χ0v) is 17.4. The maximum atomic E-state index is 9.73. The molecule has 1 saturated carbocycles. The van der Waals surface area contributed by atoms with Gasteiger partial charge in [-0.15, -0.1) is 0 Å². The van der Waals surface area contributed by atoms with Crippen molar-refractivity contribution >= 4 is 11.8 Å². The van der Waals surface area contributed by atoms with E-state index >= 15 is 0 Å². The fraction of sp³-hybridized carbons (Fsp3) is 0.565. The van der Waals surface area contributed by atoms with Crippen LogP contribution < -0.4 is 10.2 Å². The van der Waals surface area contributed by atoms with Crippen molar-refractivity contribution in [1.82, 2.24) is 9.97 Å². The summed E-state index contributed by atoms with van der Waals surface area (Å²) in [6.45, 7) is 9.72. The van der Waals surface area contributed by atoms with E-state index in [0.717, 1.165) is 24.5 Å². The summed E-state index contributed by atoms with van der Waals surface area (Å²) in [6, 6.07) is 10.8. The van der Waals surface area contributed by atoms with E-state index in [0.29, 0.717) is 17.8 Å². The summed E-state index contributed by atoms with van der Waals surface area (Å²) in [5, 5.41) is 13.1. The number of rotatable bonds is 6. The summed E-state index contributed by atoms with van der Waals surface area (Å²) in [7, 11) is 0. The van der Waals surface area contributed by atoms with Crippen LogP contribution in [0.25, 0.3) is 0 Å². The van der Waals surface area contributed by atoms with Crippen LogP contribution in [0.15, 0.2) is 30.3 Å². The maximum absolute atomic E-state index is 9.73. The lowest BCUT2D eigenvalue weighted by molar-refractivity contribution is 0.248. The van der Waals surface area contributed by atoms with E-state index in [9.17, 15) is 5.11 Å². The van der Waals surface area contributed by atoms with Gasteiger partial charge in [0.25, 0.3) is 0 Å². The molecule has 1 aliphatic carbocycles. The third kappa shape index (κ3) is 3.86. The Kier molecular flexibility index (Phi) is 5.04. The standard InChI is InChI=1S/C23H32N4O/c1-15(2)20(14-28)25-22-24-19(16-9-10-16)11-21(26-22)27-13-18-8-6-5-7-17(18)12-23(27,3)4/h5-8,11,15-16,20,28H,9-10,12-14H2,1-4H3,(H,24,25,26)/t20-/m0/s1. The molecule has 1 aromatic heterocycles. The molecule has 4 rings (SSSR count). The second-order valence-corrected chi connectivity index (χ2v) is 9.27. The Hall–Kier alpha value is -2.14. The molecule has 0 saturated heterocycles. The lowest BCUT2D eigenvalue weighted by atomic mass is 9.85. The van der Waals surface area contributed by atoms with E-state index in [1.165, 1.54) is 24.0 Å². The van der Waals surface area contributed by atoms with E-state index in [2.05, 4.69) is 68.2 Å². The van der Waals surface area contributed by atoms with Crippen molar-refractivity contribution in [3.8, 4) is 0 Å². The zero-order chi connectivity index (χ0) is 19.9. The van der Waals surface area contributed by atoms with Crippen molar-refractivity contribution < 1.29 is 5.11 Å². The number of anilines is 2. The van der Waals surface area contributed by atoms with Gasteiger partial charge < -0.3 is 15.3 Å². The Morgan fingerprint density at radius 1 is 1.18 bits per heavy atom. The highest BCUT2D eigenvalue weighted by Gasteiger charge is 2.35. The van der Waals surface area contributed by atoms with Crippen LogP contribution >= 0.6 is 0 Å². The first-order valence-corrected chi connectivity index (χ1v) is 10.5. The second kappa shape index (κ2) is 7.36. The molecule has 28 heavy (non-hydrogen) atoms. The fourth-order valence-electron chi connectivity index (χ4n) is 4.05. The van der Waals surface area contributed by atoms with Crippen molar-refractivity contribution in [2.45, 2.75) is 71.0 Å². The molecule has 2 aliphatic rings. The van der Waals surface area contributed by atoms with E-state index in [1.54, 1.807) is 0 Å². The van der Waals surface area contributed by atoms with Crippen molar-refractivity contribution in [2.75, 3.05) is 16.8 Å². The molecule has 0 amide bonds. The predicted molar refractivity (Wildman–Crippen MR) is 114 cm³/mol. The van der Waals surface area contributed by atoms with Gasteiger partial charge in [-0.05, 0) is 50.2 Å². The van der Waals surface area contributed by atoms with Gasteiger partial charge in [-0.2, -0.15) is 4.98 Å². The smallest absolute Gasteiger partial charge is 0.225 e. The van der Waals surface area contributed by atoms with Crippen LogP contribution in [0.5, 0.6) is 0 Å². The van der Waals surface area contributed by atoms with Crippen molar-refractivity contribution in [1.29, 1.82) is 0 Å². The molecular formula is C23H32N4O. The van der Waals surface area contributed by atoms with Gasteiger partial charge in [0.15, 0.2) is 0 Å². The average Bonchev–Trinajstić information content (AvgIpc) is 3.49. The van der Waals surface area contributed by atoms with Crippen molar-refractivity contribution in [3.63, 3.8) is 0 Å². The number of hydrogen-bond donors (Lipinski definition) is 2. The fourth-order valence-corrected chi connectivity index (χ4v) is 4.05. The second-order valence-electron chi connectivity index (χ2n) is 9.27. The highest BCUT2D eigenvalue weighted by molar-refractivity contribution is 5.52. The highest BCUT2D eigenvalue weighted by atomic mass is 16.3. The van der Waals surface area contributed by atoms with Crippen LogP contribution in [0, 0.1) is 5.92 Å². The summed E-state index contributed by atoms with van der Waals surface area (Å²) in [6.07, 6.45) is 3.41. The number of nitrogens with one attached hydrogen (secondary N) is 1. The molecule has 2 aromatic rings.